The molecule has 1 N–H and O–H groups in total. The molecule has 0 fully saturated rings. The molecule has 1 aliphatic heterocycles. The number of ether oxygens (including phenoxy) is 3. The lowest BCUT2D eigenvalue weighted by molar-refractivity contribution is 0.0880. The Hall–Kier alpha value is -3.81. The quantitative estimate of drug-likeness (QED) is 0.540. The summed E-state index contributed by atoms with van der Waals surface area (Å²) >= 11 is 0. The first-order valence-corrected chi connectivity index (χ1v) is 8.90. The van der Waals surface area contributed by atoms with E-state index in [4.69, 9.17) is 14.2 Å². The first-order chi connectivity index (χ1) is 14.0. The number of imide groups is 1. The summed E-state index contributed by atoms with van der Waals surface area (Å²) in [6, 6.07) is 5.40. The molecule has 0 saturated heterocycles. The fourth-order valence-corrected chi connectivity index (χ4v) is 4.35. The molecular weight excluding hydrogens is 374 g/mol. The summed E-state index contributed by atoms with van der Waals surface area (Å²) in [6.07, 6.45) is 1.69. The van der Waals surface area contributed by atoms with Crippen molar-refractivity contribution in [3.63, 3.8) is 0 Å². The summed E-state index contributed by atoms with van der Waals surface area (Å²) in [5, 5.41) is 5.07. The van der Waals surface area contributed by atoms with Crippen LogP contribution in [0.15, 0.2) is 24.4 Å². The van der Waals surface area contributed by atoms with Crippen LogP contribution < -0.4 is 19.5 Å². The number of fused-ring (bicyclic) bond motifs is 8. The monoisotopic (exact) mass is 391 g/mol. The molecule has 2 aromatic heterocycles. The second kappa shape index (κ2) is 5.84. The molecule has 8 nitrogen and oxygen atoms in total. The number of pyridine rings is 1. The van der Waals surface area contributed by atoms with Gasteiger partial charge in [0, 0.05) is 29.4 Å². The van der Waals surface area contributed by atoms with Crippen LogP contribution in [-0.4, -0.2) is 42.7 Å². The highest BCUT2D eigenvalue weighted by Crippen LogP contribution is 2.50. The van der Waals surface area contributed by atoms with Gasteiger partial charge in [0.25, 0.3) is 11.8 Å². The van der Waals surface area contributed by atoms with E-state index in [1.807, 2.05) is 17.7 Å². The van der Waals surface area contributed by atoms with E-state index >= 15 is 0 Å². The minimum absolute atomic E-state index is 0.299. The minimum atomic E-state index is -0.452. The lowest BCUT2D eigenvalue weighted by Crippen LogP contribution is -2.20. The number of aromatic nitrogens is 2. The van der Waals surface area contributed by atoms with Gasteiger partial charge in [-0.05, 0) is 18.2 Å². The van der Waals surface area contributed by atoms with Crippen LogP contribution in [0, 0.1) is 0 Å². The van der Waals surface area contributed by atoms with Crippen molar-refractivity contribution in [1.82, 2.24) is 14.9 Å². The van der Waals surface area contributed by atoms with Crippen molar-refractivity contribution in [2.24, 2.45) is 7.05 Å². The Labute approximate surface area is 165 Å². The normalized spacial score (nSPS) is 13.2. The molecule has 2 amide bonds. The fourth-order valence-electron chi connectivity index (χ4n) is 4.35. The van der Waals surface area contributed by atoms with E-state index in [9.17, 15) is 9.59 Å². The lowest BCUT2D eigenvalue weighted by atomic mass is 9.94. The summed E-state index contributed by atoms with van der Waals surface area (Å²) in [5.74, 6) is 0.357. The molecular formula is C21H17N3O5. The average Bonchev–Trinajstić information content (AvgIpc) is 3.20. The number of carbonyl (C=O) groups is 2. The Kier molecular flexibility index (Phi) is 3.48. The summed E-state index contributed by atoms with van der Waals surface area (Å²) in [4.78, 5) is 30.0. The summed E-state index contributed by atoms with van der Waals surface area (Å²) in [6.45, 7) is 0. The third-order valence-electron chi connectivity index (χ3n) is 5.46. The molecule has 0 atom stereocenters. The standard InChI is InChI=1S/C21H17N3O5/c1-24-16-12(9-6-5-7-22-19(9)24)15-13(20(25)23-21(15)26)10-8-11(27-2)17(28-3)18(29-4)14(10)16/h5-8H,1-4H3,(H,23,25,26). The third kappa shape index (κ3) is 2.00. The van der Waals surface area contributed by atoms with E-state index in [0.717, 1.165) is 10.9 Å². The second-order valence-corrected chi connectivity index (χ2v) is 6.76. The molecule has 1 aliphatic rings. The first-order valence-electron chi connectivity index (χ1n) is 8.90. The number of nitrogens with one attached hydrogen (secondary N) is 1. The molecule has 146 valence electrons. The predicted molar refractivity (Wildman–Crippen MR) is 107 cm³/mol. The van der Waals surface area contributed by atoms with E-state index in [0.29, 0.717) is 50.2 Å². The molecule has 0 saturated carbocycles. The van der Waals surface area contributed by atoms with Crippen LogP contribution in [0.3, 0.4) is 0 Å². The van der Waals surface area contributed by atoms with Gasteiger partial charge in [-0.15, -0.1) is 0 Å². The van der Waals surface area contributed by atoms with Crippen molar-refractivity contribution in [3.05, 3.63) is 35.5 Å². The second-order valence-electron chi connectivity index (χ2n) is 6.76. The highest BCUT2D eigenvalue weighted by atomic mass is 16.5. The van der Waals surface area contributed by atoms with E-state index < -0.39 is 11.8 Å². The maximum Gasteiger partial charge on any atom is 0.259 e. The summed E-state index contributed by atoms with van der Waals surface area (Å²) in [7, 11) is 6.43. The number of methoxy groups -OCH3 is 3. The van der Waals surface area contributed by atoms with Gasteiger partial charge in [-0.25, -0.2) is 4.98 Å². The molecule has 0 bridgehead atoms. The van der Waals surface area contributed by atoms with Crippen molar-refractivity contribution >= 4 is 44.5 Å². The van der Waals surface area contributed by atoms with Crippen molar-refractivity contribution in [2.75, 3.05) is 21.3 Å². The van der Waals surface area contributed by atoms with Crippen LogP contribution in [0.25, 0.3) is 32.7 Å². The zero-order valence-electron chi connectivity index (χ0n) is 16.2. The number of amides is 2. The Morgan fingerprint density at radius 3 is 2.34 bits per heavy atom. The summed E-state index contributed by atoms with van der Waals surface area (Å²) < 4.78 is 18.6. The molecule has 3 heterocycles. The van der Waals surface area contributed by atoms with E-state index in [1.54, 1.807) is 18.3 Å². The number of aryl methyl sites for hydroxylation is 1. The highest BCUT2D eigenvalue weighted by Gasteiger charge is 2.36. The molecule has 29 heavy (non-hydrogen) atoms. The van der Waals surface area contributed by atoms with E-state index in [2.05, 4.69) is 10.3 Å². The van der Waals surface area contributed by atoms with Crippen molar-refractivity contribution in [3.8, 4) is 17.2 Å². The molecule has 4 aromatic rings. The topological polar surface area (TPSA) is 91.7 Å². The van der Waals surface area contributed by atoms with Gasteiger partial charge in [0.2, 0.25) is 5.75 Å². The summed E-state index contributed by atoms with van der Waals surface area (Å²) in [5.41, 5.74) is 2.06. The van der Waals surface area contributed by atoms with Gasteiger partial charge in [-0.2, -0.15) is 0 Å². The van der Waals surface area contributed by atoms with Crippen molar-refractivity contribution in [1.29, 1.82) is 0 Å². The largest absolute Gasteiger partial charge is 0.493 e. The fraction of sp³-hybridized carbons (Fsp3) is 0.190. The molecule has 0 radical (unpaired) electrons. The van der Waals surface area contributed by atoms with Crippen LogP contribution in [0.1, 0.15) is 20.7 Å². The Bertz CT molecular complexity index is 1390. The van der Waals surface area contributed by atoms with E-state index in [-0.39, 0.29) is 0 Å². The smallest absolute Gasteiger partial charge is 0.259 e. The van der Waals surface area contributed by atoms with Gasteiger partial charge in [0.15, 0.2) is 11.5 Å². The first kappa shape index (κ1) is 17.3. The SMILES string of the molecule is COc1cc2c3c(c4c5cccnc5n(C)c4c2c(OC)c1OC)C(=O)NC3=O. The van der Waals surface area contributed by atoms with Gasteiger partial charge in [-0.3, -0.25) is 14.9 Å². The van der Waals surface area contributed by atoms with Gasteiger partial charge in [-0.1, -0.05) is 0 Å². The Morgan fingerprint density at radius 1 is 0.931 bits per heavy atom. The molecule has 0 aliphatic carbocycles. The van der Waals surface area contributed by atoms with Crippen LogP contribution in [0.5, 0.6) is 17.2 Å². The Balaban J connectivity index is 2.20. The van der Waals surface area contributed by atoms with Crippen LogP contribution in [0.2, 0.25) is 0 Å². The molecule has 2 aromatic carbocycles. The molecule has 0 spiro atoms. The zero-order valence-corrected chi connectivity index (χ0v) is 16.2. The molecule has 5 rings (SSSR count). The van der Waals surface area contributed by atoms with Gasteiger partial charge < -0.3 is 18.8 Å². The number of hydrogen-bond acceptors (Lipinski definition) is 6. The Morgan fingerprint density at radius 2 is 1.66 bits per heavy atom. The van der Waals surface area contributed by atoms with Crippen molar-refractivity contribution < 1.29 is 23.8 Å². The number of nitrogens with zero attached hydrogens (tertiary/aromatic N) is 2. The average molecular weight is 391 g/mol. The van der Waals surface area contributed by atoms with Crippen LogP contribution in [-0.2, 0) is 7.05 Å². The van der Waals surface area contributed by atoms with E-state index in [1.165, 1.54) is 21.3 Å². The zero-order chi connectivity index (χ0) is 20.4. The number of carbonyl (C=O) groups excluding carboxylic acids is 2. The number of benzene rings is 2. The minimum Gasteiger partial charge on any atom is -0.493 e. The number of rotatable bonds is 3. The number of hydrogen-bond donors (Lipinski definition) is 1. The molecule has 0 unspecified atom stereocenters. The molecule has 8 heteroatoms. The van der Waals surface area contributed by atoms with Gasteiger partial charge >= 0.3 is 0 Å². The van der Waals surface area contributed by atoms with Crippen LogP contribution >= 0.6 is 0 Å². The third-order valence-corrected chi connectivity index (χ3v) is 5.46. The van der Waals surface area contributed by atoms with Gasteiger partial charge in [0.1, 0.15) is 5.65 Å². The highest BCUT2D eigenvalue weighted by molar-refractivity contribution is 6.37. The lowest BCUT2D eigenvalue weighted by Gasteiger charge is -2.17. The maximum absolute atomic E-state index is 12.8. The predicted octanol–water partition coefficient (Wildman–Crippen LogP) is 2.79. The van der Waals surface area contributed by atoms with Crippen LogP contribution in [0.4, 0.5) is 0 Å². The van der Waals surface area contributed by atoms with Crippen molar-refractivity contribution in [2.45, 2.75) is 0 Å². The maximum atomic E-state index is 12.8. The van der Waals surface area contributed by atoms with Gasteiger partial charge in [0.05, 0.1) is 43.4 Å².